The number of carbonyl (C=O) groups is 1. The van der Waals surface area contributed by atoms with Gasteiger partial charge >= 0.3 is 5.97 Å². The van der Waals surface area contributed by atoms with Gasteiger partial charge in [-0.1, -0.05) is 37.6 Å². The predicted molar refractivity (Wildman–Crippen MR) is 140 cm³/mol. The number of nitrogens with zero attached hydrogens (tertiary/aromatic N) is 2. The number of halogens is 1. The van der Waals surface area contributed by atoms with Crippen LogP contribution in [0.4, 0.5) is 5.69 Å². The number of aliphatic hydroxyl groups is 1. The average molecular weight is 497 g/mol. The minimum atomic E-state index is -0.817. The summed E-state index contributed by atoms with van der Waals surface area (Å²) >= 11 is 6.18. The van der Waals surface area contributed by atoms with Crippen LogP contribution < -0.4 is 4.90 Å². The molecular formula is C29H37ClN2O3. The molecule has 0 aromatic heterocycles. The van der Waals surface area contributed by atoms with E-state index in [-0.39, 0.29) is 23.2 Å². The molecule has 2 aromatic rings. The highest BCUT2D eigenvalue weighted by atomic mass is 35.5. The van der Waals surface area contributed by atoms with Crippen molar-refractivity contribution in [1.82, 2.24) is 4.90 Å². The summed E-state index contributed by atoms with van der Waals surface area (Å²) in [5, 5.41) is 13.0. The molecule has 2 aromatic carbocycles. The normalized spacial score (nSPS) is 30.0. The van der Waals surface area contributed by atoms with Crippen molar-refractivity contribution in [3.05, 3.63) is 64.7 Å². The molecule has 6 heteroatoms. The fraction of sp³-hybridized carbons (Fsp3) is 0.552. The molecule has 0 spiro atoms. The second kappa shape index (κ2) is 9.42. The largest absolute Gasteiger partial charge is 0.462 e. The lowest BCUT2D eigenvalue weighted by molar-refractivity contribution is -0.243. The first-order valence-corrected chi connectivity index (χ1v) is 13.3. The summed E-state index contributed by atoms with van der Waals surface area (Å²) in [6, 6.07) is 15.6. The first kappa shape index (κ1) is 24.6. The van der Waals surface area contributed by atoms with Crippen LogP contribution in [-0.2, 0) is 10.3 Å². The van der Waals surface area contributed by atoms with Gasteiger partial charge in [-0.3, -0.25) is 4.90 Å². The summed E-state index contributed by atoms with van der Waals surface area (Å²) in [6.07, 6.45) is 2.18. The molecule has 4 aliphatic rings. The fourth-order valence-corrected chi connectivity index (χ4v) is 6.99. The van der Waals surface area contributed by atoms with Crippen LogP contribution >= 0.6 is 11.6 Å². The average Bonchev–Trinajstić information content (AvgIpc) is 2.86. The van der Waals surface area contributed by atoms with Crippen LogP contribution in [0.3, 0.4) is 0 Å². The molecule has 35 heavy (non-hydrogen) atoms. The van der Waals surface area contributed by atoms with Crippen molar-refractivity contribution >= 4 is 23.3 Å². The number of ether oxygens (including phenoxy) is 1. The second-order valence-electron chi connectivity index (χ2n) is 11.1. The van der Waals surface area contributed by atoms with Gasteiger partial charge in [0, 0.05) is 49.4 Å². The van der Waals surface area contributed by atoms with E-state index >= 15 is 0 Å². The van der Waals surface area contributed by atoms with E-state index in [1.54, 1.807) is 0 Å². The molecule has 3 aliphatic carbocycles. The zero-order valence-electron chi connectivity index (χ0n) is 21.0. The van der Waals surface area contributed by atoms with Crippen molar-refractivity contribution < 1.29 is 14.6 Å². The van der Waals surface area contributed by atoms with Gasteiger partial charge in [0.1, 0.15) is 0 Å². The maximum absolute atomic E-state index is 12.3. The van der Waals surface area contributed by atoms with Gasteiger partial charge in [0.25, 0.3) is 0 Å². The number of anilines is 1. The number of esters is 1. The Bertz CT molecular complexity index is 1050. The predicted octanol–water partition coefficient (Wildman–Crippen LogP) is 5.21. The summed E-state index contributed by atoms with van der Waals surface area (Å²) in [5.74, 6) is 0.907. The molecule has 4 fully saturated rings. The van der Waals surface area contributed by atoms with Crippen molar-refractivity contribution in [2.24, 2.45) is 23.2 Å². The van der Waals surface area contributed by atoms with Crippen molar-refractivity contribution in [1.29, 1.82) is 0 Å². The van der Waals surface area contributed by atoms with Crippen LogP contribution in [0.2, 0.25) is 5.02 Å². The maximum atomic E-state index is 12.3. The quantitative estimate of drug-likeness (QED) is 0.556. The van der Waals surface area contributed by atoms with Crippen LogP contribution in [0.25, 0.3) is 0 Å². The number of benzene rings is 2. The lowest BCUT2D eigenvalue weighted by Crippen LogP contribution is -2.65. The van der Waals surface area contributed by atoms with Crippen molar-refractivity contribution in [3.8, 4) is 0 Å². The van der Waals surface area contributed by atoms with E-state index < -0.39 is 5.60 Å². The highest BCUT2D eigenvalue weighted by Gasteiger charge is 2.65. The van der Waals surface area contributed by atoms with Gasteiger partial charge in [0.15, 0.2) is 0 Å². The Morgan fingerprint density at radius 3 is 2.29 bits per heavy atom. The first-order valence-electron chi connectivity index (χ1n) is 13.0. The molecule has 4 atom stereocenters. The smallest absolute Gasteiger partial charge is 0.338 e. The van der Waals surface area contributed by atoms with Gasteiger partial charge < -0.3 is 14.7 Å². The van der Waals surface area contributed by atoms with E-state index in [2.05, 4.69) is 23.6 Å². The van der Waals surface area contributed by atoms with Crippen LogP contribution in [0.5, 0.6) is 0 Å². The fourth-order valence-electron chi connectivity index (χ4n) is 6.86. The van der Waals surface area contributed by atoms with Crippen molar-refractivity contribution in [2.75, 3.05) is 44.2 Å². The highest BCUT2D eigenvalue weighted by Crippen LogP contribution is 2.67. The topological polar surface area (TPSA) is 53.0 Å². The zero-order chi connectivity index (χ0) is 24.8. The molecule has 5 nitrogen and oxygen atoms in total. The standard InChI is InChI=1S/C29H37ClN2O3/c1-4-35-27(33)20-5-11-25(12-6-20)32-15-13-31(14-16-32)19-23-17-22-18-26(28(22,2)3)29(23,34)21-7-9-24(30)10-8-21/h5-12,22-23,26,34H,4,13-19H2,1-3H3/t22-,23?,26-,29?/m1/s1. The SMILES string of the molecule is CCOC(=O)c1ccc(N2CCN(CC3C[C@@H]4C[C@@H](C3(O)c3ccc(Cl)cc3)C4(C)C)CC2)cc1. The Labute approximate surface area is 214 Å². The van der Waals surface area contributed by atoms with E-state index in [0.29, 0.717) is 23.1 Å². The van der Waals surface area contributed by atoms with Gasteiger partial charge in [-0.2, -0.15) is 0 Å². The lowest BCUT2D eigenvalue weighted by atomic mass is 9.40. The second-order valence-corrected chi connectivity index (χ2v) is 11.6. The highest BCUT2D eigenvalue weighted by molar-refractivity contribution is 6.30. The third kappa shape index (κ3) is 4.36. The maximum Gasteiger partial charge on any atom is 0.338 e. The van der Waals surface area contributed by atoms with E-state index in [4.69, 9.17) is 16.3 Å². The zero-order valence-corrected chi connectivity index (χ0v) is 21.8. The molecule has 1 heterocycles. The van der Waals surface area contributed by atoms with Crippen molar-refractivity contribution in [2.45, 2.75) is 39.2 Å². The Balaban J connectivity index is 1.25. The van der Waals surface area contributed by atoms with Gasteiger partial charge in [0.2, 0.25) is 0 Å². The monoisotopic (exact) mass is 496 g/mol. The van der Waals surface area contributed by atoms with E-state index in [1.165, 1.54) is 0 Å². The third-order valence-electron chi connectivity index (χ3n) is 9.09. The molecular weight excluding hydrogens is 460 g/mol. The van der Waals surface area contributed by atoms with Gasteiger partial charge in [0.05, 0.1) is 17.8 Å². The molecule has 0 amide bonds. The molecule has 1 aliphatic heterocycles. The molecule has 2 unspecified atom stereocenters. The Kier molecular flexibility index (Phi) is 6.62. The summed E-state index contributed by atoms with van der Waals surface area (Å²) in [4.78, 5) is 16.8. The molecule has 1 saturated heterocycles. The molecule has 2 bridgehead atoms. The molecule has 188 valence electrons. The number of fused-ring (bicyclic) bond motifs is 2. The van der Waals surface area contributed by atoms with Gasteiger partial charge in [-0.25, -0.2) is 4.79 Å². The van der Waals surface area contributed by atoms with Crippen LogP contribution in [0, 0.1) is 23.2 Å². The van der Waals surface area contributed by atoms with E-state index in [9.17, 15) is 9.90 Å². The molecule has 6 rings (SSSR count). The van der Waals surface area contributed by atoms with Crippen molar-refractivity contribution in [3.63, 3.8) is 0 Å². The minimum Gasteiger partial charge on any atom is -0.462 e. The first-order chi connectivity index (χ1) is 16.7. The van der Waals surface area contributed by atoms with Crippen LogP contribution in [-0.4, -0.2) is 55.3 Å². The van der Waals surface area contributed by atoms with E-state index in [0.717, 1.165) is 56.8 Å². The van der Waals surface area contributed by atoms with Gasteiger partial charge in [-0.15, -0.1) is 0 Å². The summed E-state index contributed by atoms with van der Waals surface area (Å²) in [7, 11) is 0. The Hall–Kier alpha value is -2.08. The summed E-state index contributed by atoms with van der Waals surface area (Å²) in [6.45, 7) is 11.6. The summed E-state index contributed by atoms with van der Waals surface area (Å²) < 4.78 is 5.09. The third-order valence-corrected chi connectivity index (χ3v) is 9.35. The number of carbonyl (C=O) groups excluding carboxylic acids is 1. The molecule has 3 saturated carbocycles. The number of rotatable bonds is 6. The van der Waals surface area contributed by atoms with E-state index in [1.807, 2.05) is 55.5 Å². The van der Waals surface area contributed by atoms with Gasteiger partial charge in [-0.05, 0) is 79.0 Å². The lowest BCUT2D eigenvalue weighted by Gasteiger charge is -2.66. The number of piperazine rings is 1. The Morgan fingerprint density at radius 2 is 1.69 bits per heavy atom. The Morgan fingerprint density at radius 1 is 1.03 bits per heavy atom. The van der Waals surface area contributed by atoms with Crippen LogP contribution in [0.15, 0.2) is 48.5 Å². The number of hydrogen-bond donors (Lipinski definition) is 1. The molecule has 0 radical (unpaired) electrons. The number of hydrogen-bond acceptors (Lipinski definition) is 5. The van der Waals surface area contributed by atoms with Crippen LogP contribution in [0.1, 0.15) is 49.5 Å². The minimum absolute atomic E-state index is 0.166. The summed E-state index contributed by atoms with van der Waals surface area (Å²) in [5.41, 5.74) is 2.09. The molecule has 1 N–H and O–H groups in total.